The summed E-state index contributed by atoms with van der Waals surface area (Å²) in [6, 6.07) is 6.35. The van der Waals surface area contributed by atoms with E-state index in [9.17, 15) is 0 Å². The van der Waals surface area contributed by atoms with Gasteiger partial charge in [0.1, 0.15) is 5.82 Å². The summed E-state index contributed by atoms with van der Waals surface area (Å²) in [4.78, 5) is 8.00. The number of benzene rings is 1. The zero-order valence-corrected chi connectivity index (χ0v) is 11.2. The maximum Gasteiger partial charge on any atom is 0.221 e. The standard InChI is InChI=1S/C13H15N5.ClH/c14-12-11(7-17-13(15)18-12)9-1-2-10-6-16-4-3-8(10)5-9;/h1-2,5,7,16H,3-4,6H2,(H4,14,15,17,18);1H. The Bertz CT molecular complexity index is 600. The Morgan fingerprint density at radius 2 is 2.00 bits per heavy atom. The lowest BCUT2D eigenvalue weighted by Crippen LogP contribution is -2.23. The van der Waals surface area contributed by atoms with Gasteiger partial charge in [-0.15, -0.1) is 12.4 Å². The van der Waals surface area contributed by atoms with Gasteiger partial charge in [0.05, 0.1) is 0 Å². The molecule has 1 aliphatic rings. The van der Waals surface area contributed by atoms with Crippen molar-refractivity contribution in [3.05, 3.63) is 35.5 Å². The summed E-state index contributed by atoms with van der Waals surface area (Å²) in [5.74, 6) is 0.634. The van der Waals surface area contributed by atoms with Crippen molar-refractivity contribution in [2.45, 2.75) is 13.0 Å². The van der Waals surface area contributed by atoms with Crippen molar-refractivity contribution in [1.29, 1.82) is 0 Å². The zero-order valence-electron chi connectivity index (χ0n) is 10.4. The quantitative estimate of drug-likeness (QED) is 0.733. The largest absolute Gasteiger partial charge is 0.383 e. The number of nitrogens with two attached hydrogens (primary N) is 2. The van der Waals surface area contributed by atoms with Crippen molar-refractivity contribution in [3.8, 4) is 11.1 Å². The second-order valence-electron chi connectivity index (χ2n) is 4.44. The number of nitrogen functional groups attached to an aromatic ring is 2. The maximum atomic E-state index is 5.89. The predicted octanol–water partition coefficient (Wildman–Crippen LogP) is 1.38. The third kappa shape index (κ3) is 2.62. The second kappa shape index (κ2) is 5.42. The van der Waals surface area contributed by atoms with Crippen molar-refractivity contribution >= 4 is 24.2 Å². The molecule has 0 unspecified atom stereocenters. The fraction of sp³-hybridized carbons (Fsp3) is 0.231. The fourth-order valence-corrected chi connectivity index (χ4v) is 2.28. The average molecular weight is 278 g/mol. The Balaban J connectivity index is 0.00000133. The lowest BCUT2D eigenvalue weighted by atomic mass is 9.96. The monoisotopic (exact) mass is 277 g/mol. The van der Waals surface area contributed by atoms with E-state index >= 15 is 0 Å². The van der Waals surface area contributed by atoms with Crippen molar-refractivity contribution in [2.24, 2.45) is 0 Å². The van der Waals surface area contributed by atoms with E-state index < -0.39 is 0 Å². The number of anilines is 2. The Hall–Kier alpha value is -1.85. The van der Waals surface area contributed by atoms with Crippen LogP contribution < -0.4 is 16.8 Å². The molecule has 0 aliphatic carbocycles. The molecule has 6 heteroatoms. The normalized spacial score (nSPS) is 13.5. The first kappa shape index (κ1) is 13.6. The van der Waals surface area contributed by atoms with Crippen LogP contribution in [-0.4, -0.2) is 16.5 Å². The Morgan fingerprint density at radius 3 is 2.79 bits per heavy atom. The summed E-state index contributed by atoms with van der Waals surface area (Å²) >= 11 is 0. The van der Waals surface area contributed by atoms with E-state index in [2.05, 4.69) is 33.5 Å². The average Bonchev–Trinajstić information content (AvgIpc) is 2.38. The minimum absolute atomic E-state index is 0. The van der Waals surface area contributed by atoms with Gasteiger partial charge in [0, 0.05) is 18.3 Å². The van der Waals surface area contributed by atoms with Crippen LogP contribution in [0.4, 0.5) is 11.8 Å². The lowest BCUT2D eigenvalue weighted by molar-refractivity contribution is 0.644. The molecule has 3 rings (SSSR count). The van der Waals surface area contributed by atoms with E-state index in [-0.39, 0.29) is 18.4 Å². The molecule has 5 N–H and O–H groups in total. The molecule has 0 atom stereocenters. The van der Waals surface area contributed by atoms with Crippen LogP contribution in [0, 0.1) is 0 Å². The Kier molecular flexibility index (Phi) is 3.87. The number of nitrogens with one attached hydrogen (secondary N) is 1. The lowest BCUT2D eigenvalue weighted by Gasteiger charge is -2.18. The van der Waals surface area contributed by atoms with Gasteiger partial charge >= 0.3 is 0 Å². The van der Waals surface area contributed by atoms with Crippen LogP contribution in [0.25, 0.3) is 11.1 Å². The van der Waals surface area contributed by atoms with Crippen LogP contribution in [0.15, 0.2) is 24.4 Å². The van der Waals surface area contributed by atoms with E-state index in [1.54, 1.807) is 6.20 Å². The predicted molar refractivity (Wildman–Crippen MR) is 79.0 cm³/mol. The number of nitrogens with zero attached hydrogens (tertiary/aromatic N) is 2. The van der Waals surface area contributed by atoms with E-state index in [1.807, 2.05) is 0 Å². The molecule has 5 nitrogen and oxygen atoms in total. The van der Waals surface area contributed by atoms with Crippen LogP contribution in [-0.2, 0) is 13.0 Å². The highest BCUT2D eigenvalue weighted by Crippen LogP contribution is 2.27. The first-order valence-electron chi connectivity index (χ1n) is 5.95. The molecule has 1 aliphatic heterocycles. The zero-order chi connectivity index (χ0) is 12.5. The summed E-state index contributed by atoms with van der Waals surface area (Å²) in [5, 5.41) is 3.35. The van der Waals surface area contributed by atoms with E-state index in [1.165, 1.54) is 11.1 Å². The first-order chi connectivity index (χ1) is 8.74. The summed E-state index contributed by atoms with van der Waals surface area (Å²) in [6.45, 7) is 1.95. The van der Waals surface area contributed by atoms with Gasteiger partial charge in [0.25, 0.3) is 0 Å². The van der Waals surface area contributed by atoms with Crippen LogP contribution in [0.5, 0.6) is 0 Å². The number of rotatable bonds is 1. The van der Waals surface area contributed by atoms with Gasteiger partial charge < -0.3 is 16.8 Å². The SMILES string of the molecule is Cl.Nc1ncc(-c2ccc3c(c2)CCNC3)c(N)n1. The molecule has 1 aromatic carbocycles. The van der Waals surface area contributed by atoms with Crippen molar-refractivity contribution in [1.82, 2.24) is 15.3 Å². The fourth-order valence-electron chi connectivity index (χ4n) is 2.28. The highest BCUT2D eigenvalue weighted by Gasteiger charge is 2.11. The minimum Gasteiger partial charge on any atom is -0.383 e. The molecule has 1 aromatic heterocycles. The smallest absolute Gasteiger partial charge is 0.221 e. The number of aromatic nitrogens is 2. The topological polar surface area (TPSA) is 89.8 Å². The Labute approximate surface area is 117 Å². The molecule has 0 fully saturated rings. The molecule has 100 valence electrons. The second-order valence-corrected chi connectivity index (χ2v) is 4.44. The van der Waals surface area contributed by atoms with Crippen LogP contribution >= 0.6 is 12.4 Å². The first-order valence-corrected chi connectivity index (χ1v) is 5.95. The molecule has 0 saturated heterocycles. The summed E-state index contributed by atoms with van der Waals surface area (Å²) in [7, 11) is 0. The molecular formula is C13H16ClN5. The van der Waals surface area contributed by atoms with Gasteiger partial charge in [0.2, 0.25) is 5.95 Å². The maximum absolute atomic E-state index is 5.89. The van der Waals surface area contributed by atoms with Crippen molar-refractivity contribution in [2.75, 3.05) is 18.0 Å². The summed E-state index contributed by atoms with van der Waals surface area (Å²) in [6.07, 6.45) is 2.72. The number of fused-ring (bicyclic) bond motifs is 1. The highest BCUT2D eigenvalue weighted by atomic mass is 35.5. The third-order valence-electron chi connectivity index (χ3n) is 3.24. The van der Waals surface area contributed by atoms with Crippen LogP contribution in [0.1, 0.15) is 11.1 Å². The summed E-state index contributed by atoms with van der Waals surface area (Å²) in [5.41, 5.74) is 16.0. The molecule has 19 heavy (non-hydrogen) atoms. The molecular weight excluding hydrogens is 262 g/mol. The number of hydrogen-bond acceptors (Lipinski definition) is 5. The van der Waals surface area contributed by atoms with Crippen molar-refractivity contribution < 1.29 is 0 Å². The van der Waals surface area contributed by atoms with Crippen LogP contribution in [0.3, 0.4) is 0 Å². The van der Waals surface area contributed by atoms with Gasteiger partial charge in [-0.05, 0) is 29.7 Å². The molecule has 0 bridgehead atoms. The molecule has 0 spiro atoms. The van der Waals surface area contributed by atoms with Gasteiger partial charge in [0.15, 0.2) is 0 Å². The third-order valence-corrected chi connectivity index (χ3v) is 3.24. The van der Waals surface area contributed by atoms with Crippen LogP contribution in [0.2, 0.25) is 0 Å². The minimum atomic E-state index is 0. The number of hydrogen-bond donors (Lipinski definition) is 3. The number of halogens is 1. The van der Waals surface area contributed by atoms with Gasteiger partial charge in [-0.2, -0.15) is 4.98 Å². The molecule has 2 heterocycles. The molecule has 0 amide bonds. The highest BCUT2D eigenvalue weighted by molar-refractivity contribution is 5.85. The van der Waals surface area contributed by atoms with Gasteiger partial charge in [-0.3, -0.25) is 0 Å². The van der Waals surface area contributed by atoms with Gasteiger partial charge in [-0.1, -0.05) is 18.2 Å². The molecule has 2 aromatic rings. The van der Waals surface area contributed by atoms with E-state index in [4.69, 9.17) is 11.5 Å². The molecule has 0 radical (unpaired) electrons. The van der Waals surface area contributed by atoms with E-state index in [0.717, 1.165) is 30.6 Å². The van der Waals surface area contributed by atoms with Gasteiger partial charge in [-0.25, -0.2) is 4.98 Å². The van der Waals surface area contributed by atoms with E-state index in [0.29, 0.717) is 5.82 Å². The van der Waals surface area contributed by atoms with Crippen molar-refractivity contribution in [3.63, 3.8) is 0 Å². The summed E-state index contributed by atoms with van der Waals surface area (Å²) < 4.78 is 0. The molecule has 0 saturated carbocycles. The Morgan fingerprint density at radius 1 is 1.16 bits per heavy atom.